The Morgan fingerprint density at radius 1 is 0.960 bits per heavy atom. The monoisotopic (exact) mass is 342 g/mol. The minimum Gasteiger partial charge on any atom is -0.489 e. The lowest BCUT2D eigenvalue weighted by Crippen LogP contribution is -2.34. The van der Waals surface area contributed by atoms with Gasteiger partial charge in [-0.3, -0.25) is 0 Å². The molecule has 0 aliphatic rings. The lowest BCUT2D eigenvalue weighted by atomic mass is 10.2. The van der Waals surface area contributed by atoms with E-state index >= 15 is 0 Å². The minimum absolute atomic E-state index is 0.404. The molecule has 5 nitrogen and oxygen atoms in total. The van der Waals surface area contributed by atoms with Gasteiger partial charge in [-0.05, 0) is 50.6 Å². The fourth-order valence-corrected chi connectivity index (χ4v) is 2.10. The van der Waals surface area contributed by atoms with Crippen molar-refractivity contribution >= 4 is 11.8 Å². The highest BCUT2D eigenvalue weighted by Gasteiger charge is 2.15. The summed E-state index contributed by atoms with van der Waals surface area (Å²) in [6.45, 7) is 7.17. The number of benzene rings is 2. The van der Waals surface area contributed by atoms with Crippen LogP contribution in [0.1, 0.15) is 26.3 Å². The van der Waals surface area contributed by atoms with E-state index in [0.717, 1.165) is 17.0 Å². The second-order valence-electron chi connectivity index (χ2n) is 6.65. The van der Waals surface area contributed by atoms with Crippen LogP contribution >= 0.6 is 0 Å². The molecule has 0 saturated heterocycles. The van der Waals surface area contributed by atoms with E-state index in [2.05, 4.69) is 10.6 Å². The first-order valence-corrected chi connectivity index (χ1v) is 8.40. The van der Waals surface area contributed by atoms with Crippen molar-refractivity contribution in [1.29, 1.82) is 0 Å². The van der Waals surface area contributed by atoms with Crippen LogP contribution in [0.25, 0.3) is 0 Å². The molecule has 0 heterocycles. The fraction of sp³-hybridized carbons (Fsp3) is 0.350. The summed E-state index contributed by atoms with van der Waals surface area (Å²) in [5, 5.41) is 5.95. The molecule has 1 amide bonds. The number of carbonyl (C=O) groups is 1. The van der Waals surface area contributed by atoms with Crippen molar-refractivity contribution in [1.82, 2.24) is 5.32 Å². The maximum absolute atomic E-state index is 11.5. The van der Waals surface area contributed by atoms with Crippen LogP contribution in [-0.4, -0.2) is 24.8 Å². The Labute approximate surface area is 149 Å². The number of rotatable bonds is 7. The second-order valence-corrected chi connectivity index (χ2v) is 6.65. The molecule has 2 rings (SSSR count). The van der Waals surface area contributed by atoms with Gasteiger partial charge >= 0.3 is 6.09 Å². The third-order valence-corrected chi connectivity index (χ3v) is 3.22. The van der Waals surface area contributed by atoms with E-state index in [4.69, 9.17) is 9.47 Å². The van der Waals surface area contributed by atoms with Crippen molar-refractivity contribution < 1.29 is 14.3 Å². The average molecular weight is 342 g/mol. The molecule has 25 heavy (non-hydrogen) atoms. The zero-order valence-electron chi connectivity index (χ0n) is 15.0. The quantitative estimate of drug-likeness (QED) is 0.740. The third-order valence-electron chi connectivity index (χ3n) is 3.22. The molecule has 5 heteroatoms. The molecule has 0 aromatic heterocycles. The normalized spacial score (nSPS) is 10.8. The summed E-state index contributed by atoms with van der Waals surface area (Å²) in [5.41, 5.74) is 1.63. The summed E-state index contributed by atoms with van der Waals surface area (Å²) in [5.74, 6) is 0.821. The largest absolute Gasteiger partial charge is 0.489 e. The molecule has 0 atom stereocenters. The number of hydrogen-bond donors (Lipinski definition) is 2. The van der Waals surface area contributed by atoms with E-state index < -0.39 is 11.7 Å². The van der Waals surface area contributed by atoms with Crippen LogP contribution in [0, 0.1) is 0 Å². The lowest BCUT2D eigenvalue weighted by Gasteiger charge is -2.19. The molecule has 2 aromatic carbocycles. The number of nitrogens with one attached hydrogen (secondary N) is 2. The first-order chi connectivity index (χ1) is 11.9. The van der Waals surface area contributed by atoms with Gasteiger partial charge in [0, 0.05) is 18.8 Å². The van der Waals surface area contributed by atoms with Crippen molar-refractivity contribution in [3.05, 3.63) is 60.2 Å². The zero-order chi connectivity index (χ0) is 18.1. The summed E-state index contributed by atoms with van der Waals surface area (Å²) in [6, 6.07) is 17.8. The highest BCUT2D eigenvalue weighted by Crippen LogP contribution is 2.16. The molecular formula is C20H26N2O3. The Morgan fingerprint density at radius 3 is 2.28 bits per heavy atom. The molecule has 0 unspecified atom stereocenters. The maximum Gasteiger partial charge on any atom is 0.407 e. The van der Waals surface area contributed by atoms with Crippen LogP contribution in [0.4, 0.5) is 10.5 Å². The second kappa shape index (κ2) is 8.97. The predicted octanol–water partition coefficient (Wildman–Crippen LogP) is 4.20. The first-order valence-electron chi connectivity index (χ1n) is 8.40. The summed E-state index contributed by atoms with van der Waals surface area (Å²) in [7, 11) is 0. The summed E-state index contributed by atoms with van der Waals surface area (Å²) in [6.07, 6.45) is -0.404. The Balaban J connectivity index is 1.67. The standard InChI is InChI=1S/C20H26N2O3/c1-20(2,3)25-19(23)22-14-13-21-17-9-11-18(12-10-17)24-15-16-7-5-4-6-8-16/h4-12,21H,13-15H2,1-3H3,(H,22,23). The molecule has 0 aliphatic carbocycles. The predicted molar refractivity (Wildman–Crippen MR) is 99.9 cm³/mol. The lowest BCUT2D eigenvalue weighted by molar-refractivity contribution is 0.0530. The number of carbonyl (C=O) groups excluding carboxylic acids is 1. The summed E-state index contributed by atoms with van der Waals surface area (Å²) in [4.78, 5) is 11.5. The molecule has 0 saturated carbocycles. The molecule has 0 bridgehead atoms. The Morgan fingerprint density at radius 2 is 1.64 bits per heavy atom. The molecule has 0 radical (unpaired) electrons. The van der Waals surface area contributed by atoms with Crippen molar-refractivity contribution in [3.8, 4) is 5.75 Å². The maximum atomic E-state index is 11.5. The van der Waals surface area contributed by atoms with E-state index in [0.29, 0.717) is 19.7 Å². The number of amides is 1. The van der Waals surface area contributed by atoms with Gasteiger partial charge in [-0.25, -0.2) is 4.79 Å². The van der Waals surface area contributed by atoms with Crippen molar-refractivity contribution in [3.63, 3.8) is 0 Å². The number of hydrogen-bond acceptors (Lipinski definition) is 4. The van der Waals surface area contributed by atoms with Gasteiger partial charge in [0.15, 0.2) is 0 Å². The molecule has 0 spiro atoms. The van der Waals surface area contributed by atoms with Crippen LogP contribution in [-0.2, 0) is 11.3 Å². The summed E-state index contributed by atoms with van der Waals surface area (Å²) < 4.78 is 10.9. The van der Waals surface area contributed by atoms with E-state index in [1.165, 1.54) is 0 Å². The van der Waals surface area contributed by atoms with Gasteiger partial charge in [0.2, 0.25) is 0 Å². The van der Waals surface area contributed by atoms with Crippen LogP contribution in [0.15, 0.2) is 54.6 Å². The van der Waals surface area contributed by atoms with Gasteiger partial charge in [0.25, 0.3) is 0 Å². The third kappa shape index (κ3) is 7.61. The Kier molecular flexibility index (Phi) is 6.69. The van der Waals surface area contributed by atoms with Gasteiger partial charge in [0.05, 0.1) is 0 Å². The molecule has 0 aliphatic heterocycles. The SMILES string of the molecule is CC(C)(C)OC(=O)NCCNc1ccc(OCc2ccccc2)cc1. The average Bonchev–Trinajstić information content (AvgIpc) is 2.57. The summed E-state index contributed by atoms with van der Waals surface area (Å²) >= 11 is 0. The first kappa shape index (κ1) is 18.6. The Hall–Kier alpha value is -2.69. The molecule has 134 valence electrons. The van der Waals surface area contributed by atoms with Crippen molar-refractivity contribution in [2.24, 2.45) is 0 Å². The van der Waals surface area contributed by atoms with E-state index in [-0.39, 0.29) is 0 Å². The molecule has 2 N–H and O–H groups in total. The van der Waals surface area contributed by atoms with Gasteiger partial charge in [-0.1, -0.05) is 30.3 Å². The Bertz CT molecular complexity index is 649. The molecule has 2 aromatic rings. The molecule has 0 fully saturated rings. The van der Waals surface area contributed by atoms with Crippen LogP contribution in [0.3, 0.4) is 0 Å². The fourth-order valence-electron chi connectivity index (χ4n) is 2.10. The molecular weight excluding hydrogens is 316 g/mol. The van der Waals surface area contributed by atoms with E-state index in [1.807, 2.05) is 75.4 Å². The van der Waals surface area contributed by atoms with Crippen molar-refractivity contribution in [2.45, 2.75) is 33.0 Å². The van der Waals surface area contributed by atoms with Crippen LogP contribution < -0.4 is 15.4 Å². The van der Waals surface area contributed by atoms with Crippen LogP contribution in [0.2, 0.25) is 0 Å². The number of alkyl carbamates (subject to hydrolysis) is 1. The highest BCUT2D eigenvalue weighted by atomic mass is 16.6. The topological polar surface area (TPSA) is 59.6 Å². The van der Waals surface area contributed by atoms with Crippen LogP contribution in [0.5, 0.6) is 5.75 Å². The van der Waals surface area contributed by atoms with Gasteiger partial charge < -0.3 is 20.1 Å². The smallest absolute Gasteiger partial charge is 0.407 e. The van der Waals surface area contributed by atoms with E-state index in [9.17, 15) is 4.79 Å². The van der Waals surface area contributed by atoms with E-state index in [1.54, 1.807) is 0 Å². The highest BCUT2D eigenvalue weighted by molar-refractivity contribution is 5.67. The number of ether oxygens (including phenoxy) is 2. The minimum atomic E-state index is -0.479. The van der Waals surface area contributed by atoms with Gasteiger partial charge in [-0.15, -0.1) is 0 Å². The zero-order valence-corrected chi connectivity index (χ0v) is 15.0. The van der Waals surface area contributed by atoms with Gasteiger partial charge in [-0.2, -0.15) is 0 Å². The van der Waals surface area contributed by atoms with Gasteiger partial charge in [0.1, 0.15) is 18.0 Å². The number of anilines is 1. The van der Waals surface area contributed by atoms with Crippen molar-refractivity contribution in [2.75, 3.05) is 18.4 Å².